The number of hydrogen-bond donors (Lipinski definition) is 1. The molecule has 0 amide bonds. The molecule has 21 heavy (non-hydrogen) atoms. The van der Waals surface area contributed by atoms with Crippen molar-refractivity contribution in [1.82, 2.24) is 9.97 Å². The lowest BCUT2D eigenvalue weighted by Crippen LogP contribution is -2.16. The fourth-order valence-electron chi connectivity index (χ4n) is 1.70. The zero-order valence-corrected chi connectivity index (χ0v) is 13.3. The van der Waals surface area contributed by atoms with Crippen LogP contribution >= 0.6 is 0 Å². The number of aromatic nitrogens is 2. The summed E-state index contributed by atoms with van der Waals surface area (Å²) in [4.78, 5) is 19.3. The topological polar surface area (TPSA) is 90.2 Å². The van der Waals surface area contributed by atoms with Gasteiger partial charge in [0, 0.05) is 12.5 Å². The van der Waals surface area contributed by atoms with Crippen LogP contribution in [0.2, 0.25) is 0 Å². The first kappa shape index (κ1) is 17.1. The van der Waals surface area contributed by atoms with E-state index in [1.807, 2.05) is 34.6 Å². The standard InChI is InChI=1S/C14H24N4O3/c1-6-7-11-16-13(15-10(4)5)12(18(19)20)14(17-11)21-8-9(2)3/h9-10H,6-8H2,1-5H3,(H,15,16,17). The highest BCUT2D eigenvalue weighted by atomic mass is 16.6. The Labute approximate surface area is 125 Å². The minimum atomic E-state index is -0.490. The van der Waals surface area contributed by atoms with Gasteiger partial charge in [0.2, 0.25) is 5.82 Å². The maximum Gasteiger partial charge on any atom is 0.372 e. The average molecular weight is 296 g/mol. The zero-order chi connectivity index (χ0) is 16.0. The van der Waals surface area contributed by atoms with Crippen molar-refractivity contribution in [2.45, 2.75) is 53.5 Å². The van der Waals surface area contributed by atoms with Gasteiger partial charge in [0.1, 0.15) is 5.82 Å². The van der Waals surface area contributed by atoms with Crippen LogP contribution in [-0.4, -0.2) is 27.5 Å². The summed E-state index contributed by atoms with van der Waals surface area (Å²) in [7, 11) is 0. The Balaban J connectivity index is 3.27. The number of hydrogen-bond acceptors (Lipinski definition) is 6. The third kappa shape index (κ3) is 5.17. The van der Waals surface area contributed by atoms with Gasteiger partial charge in [-0.3, -0.25) is 10.1 Å². The van der Waals surface area contributed by atoms with Gasteiger partial charge in [-0.25, -0.2) is 4.98 Å². The number of nitrogens with zero attached hydrogens (tertiary/aromatic N) is 3. The molecule has 0 aliphatic heterocycles. The van der Waals surface area contributed by atoms with Gasteiger partial charge >= 0.3 is 5.69 Å². The number of rotatable bonds is 8. The molecule has 0 fully saturated rings. The monoisotopic (exact) mass is 296 g/mol. The summed E-state index contributed by atoms with van der Waals surface area (Å²) in [5.41, 5.74) is -0.191. The summed E-state index contributed by atoms with van der Waals surface area (Å²) in [6, 6.07) is 0.0334. The fraction of sp³-hybridized carbons (Fsp3) is 0.714. The van der Waals surface area contributed by atoms with Crippen molar-refractivity contribution in [3.8, 4) is 5.88 Å². The molecular formula is C14H24N4O3. The van der Waals surface area contributed by atoms with Crippen LogP contribution in [0.5, 0.6) is 5.88 Å². The van der Waals surface area contributed by atoms with Crippen molar-refractivity contribution in [2.24, 2.45) is 5.92 Å². The lowest BCUT2D eigenvalue weighted by molar-refractivity contribution is -0.385. The Morgan fingerprint density at radius 2 is 1.95 bits per heavy atom. The Bertz CT molecular complexity index is 489. The predicted molar refractivity (Wildman–Crippen MR) is 81.8 cm³/mol. The van der Waals surface area contributed by atoms with E-state index in [-0.39, 0.29) is 29.3 Å². The second kappa shape index (κ2) is 7.75. The smallest absolute Gasteiger partial charge is 0.372 e. The molecule has 0 unspecified atom stereocenters. The molecule has 0 aliphatic carbocycles. The van der Waals surface area contributed by atoms with Crippen molar-refractivity contribution >= 4 is 11.5 Å². The molecule has 0 spiro atoms. The SMILES string of the molecule is CCCc1nc(NC(C)C)c([N+](=O)[O-])c(OCC(C)C)n1. The first-order valence-electron chi connectivity index (χ1n) is 7.29. The van der Waals surface area contributed by atoms with Crippen molar-refractivity contribution in [3.63, 3.8) is 0 Å². The van der Waals surface area contributed by atoms with E-state index >= 15 is 0 Å². The van der Waals surface area contributed by atoms with E-state index in [0.29, 0.717) is 18.9 Å². The van der Waals surface area contributed by atoms with E-state index in [4.69, 9.17) is 4.74 Å². The van der Waals surface area contributed by atoms with Crippen LogP contribution in [0.25, 0.3) is 0 Å². The lowest BCUT2D eigenvalue weighted by Gasteiger charge is -2.14. The molecule has 0 aliphatic rings. The van der Waals surface area contributed by atoms with Crippen LogP contribution in [0.15, 0.2) is 0 Å². The second-order valence-electron chi connectivity index (χ2n) is 5.65. The first-order chi connectivity index (χ1) is 9.85. The molecule has 0 aromatic carbocycles. The van der Waals surface area contributed by atoms with Crippen LogP contribution in [-0.2, 0) is 6.42 Å². The van der Waals surface area contributed by atoms with Crippen molar-refractivity contribution in [3.05, 3.63) is 15.9 Å². The third-order valence-electron chi connectivity index (χ3n) is 2.53. The summed E-state index contributed by atoms with van der Waals surface area (Å²) in [6.45, 7) is 10.2. The van der Waals surface area contributed by atoms with Crippen molar-refractivity contribution in [1.29, 1.82) is 0 Å². The van der Waals surface area contributed by atoms with E-state index in [2.05, 4.69) is 15.3 Å². The van der Waals surface area contributed by atoms with Gasteiger partial charge in [0.05, 0.1) is 11.5 Å². The predicted octanol–water partition coefficient (Wildman–Crippen LogP) is 3.19. The molecule has 7 heteroatoms. The number of nitrogens with one attached hydrogen (secondary N) is 1. The largest absolute Gasteiger partial charge is 0.472 e. The molecule has 7 nitrogen and oxygen atoms in total. The molecule has 1 aromatic heterocycles. The molecule has 1 rings (SSSR count). The van der Waals surface area contributed by atoms with Gasteiger partial charge < -0.3 is 10.1 Å². The van der Waals surface area contributed by atoms with Crippen molar-refractivity contribution in [2.75, 3.05) is 11.9 Å². The minimum absolute atomic E-state index is 0.0334. The fourth-order valence-corrected chi connectivity index (χ4v) is 1.70. The van der Waals surface area contributed by atoms with Crippen LogP contribution in [0.4, 0.5) is 11.5 Å². The molecule has 0 atom stereocenters. The highest BCUT2D eigenvalue weighted by Crippen LogP contribution is 2.32. The maximum absolute atomic E-state index is 11.3. The molecule has 0 saturated carbocycles. The van der Waals surface area contributed by atoms with Crippen LogP contribution in [0.3, 0.4) is 0 Å². The highest BCUT2D eigenvalue weighted by Gasteiger charge is 2.26. The number of nitro groups is 1. The molecule has 0 bridgehead atoms. The molecule has 1 heterocycles. The second-order valence-corrected chi connectivity index (χ2v) is 5.65. The van der Waals surface area contributed by atoms with Gasteiger partial charge in [0.25, 0.3) is 5.88 Å². The van der Waals surface area contributed by atoms with Crippen LogP contribution < -0.4 is 10.1 Å². The highest BCUT2D eigenvalue weighted by molar-refractivity contribution is 5.62. The summed E-state index contributed by atoms with van der Waals surface area (Å²) in [6.07, 6.45) is 1.52. The van der Waals surface area contributed by atoms with Crippen LogP contribution in [0, 0.1) is 16.0 Å². The van der Waals surface area contributed by atoms with Gasteiger partial charge in [-0.1, -0.05) is 20.8 Å². The quantitative estimate of drug-likeness (QED) is 0.585. The molecule has 0 saturated heterocycles. The third-order valence-corrected chi connectivity index (χ3v) is 2.53. The van der Waals surface area contributed by atoms with E-state index in [1.54, 1.807) is 0 Å². The Morgan fingerprint density at radius 1 is 1.29 bits per heavy atom. The number of aryl methyl sites for hydroxylation is 1. The summed E-state index contributed by atoms with van der Waals surface area (Å²) >= 11 is 0. The van der Waals surface area contributed by atoms with E-state index in [0.717, 1.165) is 6.42 Å². The first-order valence-corrected chi connectivity index (χ1v) is 7.29. The van der Waals surface area contributed by atoms with E-state index in [9.17, 15) is 10.1 Å². The zero-order valence-electron chi connectivity index (χ0n) is 13.3. The minimum Gasteiger partial charge on any atom is -0.472 e. The summed E-state index contributed by atoms with van der Waals surface area (Å²) in [5.74, 6) is 1.10. The Kier molecular flexibility index (Phi) is 6.33. The Hall–Kier alpha value is -1.92. The van der Waals surface area contributed by atoms with Crippen LogP contribution in [0.1, 0.15) is 46.9 Å². The van der Waals surface area contributed by atoms with Gasteiger partial charge in [-0.15, -0.1) is 0 Å². The van der Waals surface area contributed by atoms with Gasteiger partial charge in [0.15, 0.2) is 0 Å². The van der Waals surface area contributed by atoms with Gasteiger partial charge in [-0.2, -0.15) is 4.98 Å². The molecule has 0 radical (unpaired) electrons. The van der Waals surface area contributed by atoms with Crippen molar-refractivity contribution < 1.29 is 9.66 Å². The van der Waals surface area contributed by atoms with E-state index in [1.165, 1.54) is 0 Å². The molecule has 1 N–H and O–H groups in total. The lowest BCUT2D eigenvalue weighted by atomic mass is 10.2. The normalized spacial score (nSPS) is 11.0. The van der Waals surface area contributed by atoms with E-state index < -0.39 is 4.92 Å². The van der Waals surface area contributed by atoms with Gasteiger partial charge in [-0.05, 0) is 26.2 Å². The summed E-state index contributed by atoms with van der Waals surface area (Å²) in [5, 5.41) is 14.4. The number of ether oxygens (including phenoxy) is 1. The Morgan fingerprint density at radius 3 is 2.43 bits per heavy atom. The molecule has 118 valence electrons. The average Bonchev–Trinajstić information content (AvgIpc) is 2.35. The maximum atomic E-state index is 11.3. The molecule has 1 aromatic rings. The number of anilines is 1. The molecular weight excluding hydrogens is 272 g/mol. The summed E-state index contributed by atoms with van der Waals surface area (Å²) < 4.78 is 5.54.